The molecule has 1 amide bonds. The third kappa shape index (κ3) is 4.85. The quantitative estimate of drug-likeness (QED) is 0.623. The van der Waals surface area contributed by atoms with Crippen LogP contribution in [0.4, 0.5) is 10.5 Å². The van der Waals surface area contributed by atoms with Gasteiger partial charge < -0.3 is 14.2 Å². The van der Waals surface area contributed by atoms with Crippen molar-refractivity contribution < 1.29 is 19.0 Å². The summed E-state index contributed by atoms with van der Waals surface area (Å²) in [5.41, 5.74) is 2.23. The highest BCUT2D eigenvalue weighted by atomic mass is 16.5. The van der Waals surface area contributed by atoms with E-state index >= 15 is 0 Å². The number of hydrogen-bond donors (Lipinski definition) is 1. The molecule has 1 aliphatic carbocycles. The molecule has 0 aromatic heterocycles. The molecule has 1 heterocycles. The topological polar surface area (TPSA) is 60.0 Å². The first-order chi connectivity index (χ1) is 15.6. The van der Waals surface area contributed by atoms with Gasteiger partial charge in [-0.2, -0.15) is 0 Å². The monoisotopic (exact) mass is 438 g/mol. The Hall–Kier alpha value is -2.73. The van der Waals surface area contributed by atoms with Gasteiger partial charge in [-0.15, -0.1) is 0 Å². The number of hydrogen-bond acceptors (Lipinski definition) is 5. The number of anilines is 1. The Bertz CT molecular complexity index is 872. The zero-order valence-electron chi connectivity index (χ0n) is 19.1. The molecule has 32 heavy (non-hydrogen) atoms. The summed E-state index contributed by atoms with van der Waals surface area (Å²) in [6, 6.07) is 16.3. The van der Waals surface area contributed by atoms with E-state index in [2.05, 4.69) is 40.5 Å². The number of rotatable bonds is 7. The van der Waals surface area contributed by atoms with Crippen molar-refractivity contribution in [1.82, 2.24) is 4.90 Å². The molecule has 1 spiro atoms. The molecule has 6 heteroatoms. The first-order valence-electron chi connectivity index (χ1n) is 11.6. The SMILES string of the molecule is COc1cccc(OC)c1NC(=O)OCCN1CCCC12CCC(c1ccccc1)CC2. The average molecular weight is 439 g/mol. The number of nitrogens with zero attached hydrogens (tertiary/aromatic N) is 1. The van der Waals surface area contributed by atoms with E-state index in [1.165, 1.54) is 44.1 Å². The van der Waals surface area contributed by atoms with Gasteiger partial charge in [0, 0.05) is 12.1 Å². The minimum absolute atomic E-state index is 0.275. The van der Waals surface area contributed by atoms with Crippen molar-refractivity contribution in [3.05, 3.63) is 54.1 Å². The van der Waals surface area contributed by atoms with Crippen LogP contribution in [0.25, 0.3) is 0 Å². The van der Waals surface area contributed by atoms with Crippen LogP contribution < -0.4 is 14.8 Å². The van der Waals surface area contributed by atoms with Crippen molar-refractivity contribution in [2.24, 2.45) is 0 Å². The molecule has 2 aromatic carbocycles. The summed E-state index contributed by atoms with van der Waals surface area (Å²) >= 11 is 0. The maximum atomic E-state index is 12.4. The highest BCUT2D eigenvalue weighted by Crippen LogP contribution is 2.46. The van der Waals surface area contributed by atoms with Crippen LogP contribution >= 0.6 is 0 Å². The number of carbonyl (C=O) groups excluding carboxylic acids is 1. The van der Waals surface area contributed by atoms with Gasteiger partial charge in [-0.05, 0) is 68.7 Å². The third-order valence-corrected chi connectivity index (χ3v) is 7.18. The maximum Gasteiger partial charge on any atom is 0.411 e. The molecule has 1 saturated carbocycles. The summed E-state index contributed by atoms with van der Waals surface area (Å²) < 4.78 is 16.2. The fraction of sp³-hybridized carbons (Fsp3) is 0.500. The van der Waals surface area contributed by atoms with Gasteiger partial charge in [-0.25, -0.2) is 4.79 Å². The third-order valence-electron chi connectivity index (χ3n) is 7.18. The van der Waals surface area contributed by atoms with Crippen LogP contribution in [0.3, 0.4) is 0 Å². The molecule has 2 aromatic rings. The van der Waals surface area contributed by atoms with Gasteiger partial charge in [0.25, 0.3) is 0 Å². The Labute approximate surface area is 190 Å². The molecule has 172 valence electrons. The molecule has 0 atom stereocenters. The molecule has 1 aliphatic heterocycles. The Kier molecular flexibility index (Phi) is 7.20. The second-order valence-corrected chi connectivity index (χ2v) is 8.80. The smallest absolute Gasteiger partial charge is 0.411 e. The van der Waals surface area contributed by atoms with Crippen molar-refractivity contribution in [2.75, 3.05) is 39.2 Å². The van der Waals surface area contributed by atoms with Crippen LogP contribution in [0.5, 0.6) is 11.5 Å². The van der Waals surface area contributed by atoms with E-state index in [-0.39, 0.29) is 5.54 Å². The number of para-hydroxylation sites is 1. The van der Waals surface area contributed by atoms with Crippen molar-refractivity contribution >= 4 is 11.8 Å². The molecule has 6 nitrogen and oxygen atoms in total. The molecule has 0 unspecified atom stereocenters. The van der Waals surface area contributed by atoms with Gasteiger partial charge in [0.15, 0.2) is 0 Å². The lowest BCUT2D eigenvalue weighted by Crippen LogP contribution is -2.47. The first-order valence-corrected chi connectivity index (χ1v) is 11.6. The van der Waals surface area contributed by atoms with Crippen molar-refractivity contribution in [3.63, 3.8) is 0 Å². The van der Waals surface area contributed by atoms with Gasteiger partial charge in [-0.3, -0.25) is 10.2 Å². The molecule has 2 aliphatic rings. The zero-order valence-corrected chi connectivity index (χ0v) is 19.1. The molecule has 1 saturated heterocycles. The highest BCUT2D eigenvalue weighted by molar-refractivity contribution is 5.89. The van der Waals surface area contributed by atoms with Crippen molar-refractivity contribution in [2.45, 2.75) is 50.0 Å². The van der Waals surface area contributed by atoms with Crippen LogP contribution in [0.2, 0.25) is 0 Å². The van der Waals surface area contributed by atoms with E-state index in [4.69, 9.17) is 14.2 Å². The summed E-state index contributed by atoms with van der Waals surface area (Å²) in [7, 11) is 3.12. The molecular formula is C26H34N2O4. The average Bonchev–Trinajstić information content (AvgIpc) is 3.21. The number of methoxy groups -OCH3 is 2. The summed E-state index contributed by atoms with van der Waals surface area (Å²) in [6.07, 6.45) is 6.88. The molecule has 2 fully saturated rings. The number of carbonyl (C=O) groups is 1. The largest absolute Gasteiger partial charge is 0.494 e. The Morgan fingerprint density at radius 3 is 2.34 bits per heavy atom. The summed E-state index contributed by atoms with van der Waals surface area (Å²) in [5.74, 6) is 1.74. The van der Waals surface area contributed by atoms with Crippen LogP contribution in [-0.4, -0.2) is 50.4 Å². The molecular weight excluding hydrogens is 404 g/mol. The minimum atomic E-state index is -0.492. The van der Waals surface area contributed by atoms with E-state index in [1.807, 2.05) is 6.07 Å². The maximum absolute atomic E-state index is 12.4. The standard InChI is InChI=1S/C26H34N2O4/c1-30-22-10-6-11-23(31-2)24(22)27-25(29)32-19-18-28-17-7-14-26(28)15-12-21(13-16-26)20-8-4-3-5-9-20/h3-6,8-11,21H,7,12-19H2,1-2H3,(H,27,29). The lowest BCUT2D eigenvalue weighted by Gasteiger charge is -2.44. The Morgan fingerprint density at radius 1 is 1.00 bits per heavy atom. The Balaban J connectivity index is 1.28. The van der Waals surface area contributed by atoms with Crippen molar-refractivity contribution in [3.8, 4) is 11.5 Å². The van der Waals surface area contributed by atoms with Crippen LogP contribution in [0.15, 0.2) is 48.5 Å². The number of benzene rings is 2. The number of nitrogens with one attached hydrogen (secondary N) is 1. The molecule has 0 radical (unpaired) electrons. The predicted octanol–water partition coefficient (Wildman–Crippen LogP) is 5.44. The van der Waals surface area contributed by atoms with Gasteiger partial charge in [0.1, 0.15) is 23.8 Å². The first kappa shape index (κ1) is 22.5. The lowest BCUT2D eigenvalue weighted by atomic mass is 9.73. The van der Waals surface area contributed by atoms with E-state index in [0.717, 1.165) is 13.1 Å². The minimum Gasteiger partial charge on any atom is -0.494 e. The van der Waals surface area contributed by atoms with Gasteiger partial charge in [-0.1, -0.05) is 36.4 Å². The number of amides is 1. The van der Waals surface area contributed by atoms with Gasteiger partial charge >= 0.3 is 6.09 Å². The molecule has 4 rings (SSSR count). The van der Waals surface area contributed by atoms with E-state index in [1.54, 1.807) is 26.4 Å². The predicted molar refractivity (Wildman–Crippen MR) is 126 cm³/mol. The summed E-state index contributed by atoms with van der Waals surface area (Å²) in [4.78, 5) is 15.0. The second-order valence-electron chi connectivity index (χ2n) is 8.80. The van der Waals surface area contributed by atoms with Crippen LogP contribution in [-0.2, 0) is 4.74 Å². The fourth-order valence-corrected chi connectivity index (χ4v) is 5.48. The number of ether oxygens (including phenoxy) is 3. The lowest BCUT2D eigenvalue weighted by molar-refractivity contribution is 0.0629. The molecule has 0 bridgehead atoms. The summed E-state index contributed by atoms with van der Waals surface area (Å²) in [6.45, 7) is 2.22. The number of likely N-dealkylation sites (tertiary alicyclic amines) is 1. The van der Waals surface area contributed by atoms with Gasteiger partial charge in [0.2, 0.25) is 0 Å². The van der Waals surface area contributed by atoms with Crippen molar-refractivity contribution in [1.29, 1.82) is 0 Å². The molecule has 1 N–H and O–H groups in total. The second kappa shape index (κ2) is 10.3. The summed E-state index contributed by atoms with van der Waals surface area (Å²) in [5, 5.41) is 2.77. The normalized spacial score (nSPS) is 23.1. The van der Waals surface area contributed by atoms with E-state index in [0.29, 0.717) is 29.7 Å². The fourth-order valence-electron chi connectivity index (χ4n) is 5.48. The van der Waals surface area contributed by atoms with E-state index in [9.17, 15) is 4.79 Å². The van der Waals surface area contributed by atoms with Crippen LogP contribution in [0.1, 0.15) is 50.0 Å². The van der Waals surface area contributed by atoms with E-state index < -0.39 is 6.09 Å². The van der Waals surface area contributed by atoms with Crippen LogP contribution in [0, 0.1) is 0 Å². The van der Waals surface area contributed by atoms with Gasteiger partial charge in [0.05, 0.1) is 14.2 Å². The zero-order chi connectivity index (χ0) is 22.4. The highest BCUT2D eigenvalue weighted by Gasteiger charge is 2.43. The Morgan fingerprint density at radius 2 is 1.69 bits per heavy atom.